The number of nitrogens with one attached hydrogen (secondary N) is 1. The van der Waals surface area contributed by atoms with E-state index in [0.717, 1.165) is 40.2 Å². The van der Waals surface area contributed by atoms with E-state index in [-0.39, 0.29) is 6.04 Å². The van der Waals surface area contributed by atoms with Crippen molar-refractivity contribution < 1.29 is 4.42 Å². The number of fused-ring (bicyclic) bond motifs is 1. The summed E-state index contributed by atoms with van der Waals surface area (Å²) in [6.45, 7) is 12.0. The maximum absolute atomic E-state index is 6.41. The van der Waals surface area contributed by atoms with Crippen molar-refractivity contribution in [2.75, 3.05) is 5.32 Å². The van der Waals surface area contributed by atoms with Crippen molar-refractivity contribution in [3.05, 3.63) is 167 Å². The Kier molecular flexibility index (Phi) is 9.21. The van der Waals surface area contributed by atoms with Gasteiger partial charge in [-0.15, -0.1) is 0 Å². The van der Waals surface area contributed by atoms with Gasteiger partial charge in [-0.05, 0) is 51.3 Å². The molecule has 4 nitrogen and oxygen atoms in total. The van der Waals surface area contributed by atoms with Gasteiger partial charge in [0.1, 0.15) is 23.2 Å². The molecule has 0 spiro atoms. The van der Waals surface area contributed by atoms with E-state index in [1.54, 1.807) is 0 Å². The van der Waals surface area contributed by atoms with Crippen molar-refractivity contribution in [3.63, 3.8) is 0 Å². The zero-order valence-corrected chi connectivity index (χ0v) is 29.2. The number of imidazole rings is 1. The summed E-state index contributed by atoms with van der Waals surface area (Å²) in [7, 11) is 0. The Hall–Kier alpha value is -5.35. The van der Waals surface area contributed by atoms with Gasteiger partial charge in [-0.25, -0.2) is 4.98 Å². The molecule has 0 radical (unpaired) electrons. The third-order valence-corrected chi connectivity index (χ3v) is 9.53. The summed E-state index contributed by atoms with van der Waals surface area (Å²) in [6.07, 6.45) is 3.01. The third-order valence-electron chi connectivity index (χ3n) is 9.53. The molecule has 1 unspecified atom stereocenters. The lowest BCUT2D eigenvalue weighted by atomic mass is 9.90. The van der Waals surface area contributed by atoms with Crippen LogP contribution < -0.4 is 5.32 Å². The van der Waals surface area contributed by atoms with Gasteiger partial charge in [-0.2, -0.15) is 0 Å². The molecule has 1 atom stereocenters. The topological polar surface area (TPSA) is 43.0 Å². The van der Waals surface area contributed by atoms with Crippen molar-refractivity contribution in [3.8, 4) is 22.4 Å². The van der Waals surface area contributed by atoms with E-state index in [9.17, 15) is 0 Å². The van der Waals surface area contributed by atoms with Crippen LogP contribution in [0.1, 0.15) is 86.3 Å². The lowest BCUT2D eigenvalue weighted by molar-refractivity contribution is 0.558. The molecule has 5 aromatic carbocycles. The zero-order chi connectivity index (χ0) is 33.9. The van der Waals surface area contributed by atoms with Gasteiger partial charge >= 0.3 is 0 Å². The van der Waals surface area contributed by atoms with Crippen LogP contribution in [0.2, 0.25) is 0 Å². The zero-order valence-electron chi connectivity index (χ0n) is 29.2. The summed E-state index contributed by atoms with van der Waals surface area (Å²) >= 11 is 0. The highest BCUT2D eigenvalue weighted by atomic mass is 16.3. The lowest BCUT2D eigenvalue weighted by Gasteiger charge is -2.28. The van der Waals surface area contributed by atoms with Crippen LogP contribution in [0.15, 0.2) is 138 Å². The second kappa shape index (κ2) is 14.0. The largest absolute Gasteiger partial charge is 0.460 e. The Morgan fingerprint density at radius 3 is 1.98 bits per heavy atom. The van der Waals surface area contributed by atoms with Crippen molar-refractivity contribution in [1.82, 2.24) is 9.55 Å². The molecular formula is C45H45N3O. The van der Waals surface area contributed by atoms with Crippen LogP contribution in [-0.4, -0.2) is 9.55 Å². The summed E-state index contributed by atoms with van der Waals surface area (Å²) in [5.41, 5.74) is 11.5. The fraction of sp³-hybridized carbons (Fsp3) is 0.222. The van der Waals surface area contributed by atoms with Gasteiger partial charge in [0, 0.05) is 30.2 Å². The summed E-state index contributed by atoms with van der Waals surface area (Å²) in [4.78, 5) is 5.60. The Balaban J connectivity index is 1.51. The maximum Gasteiger partial charge on any atom is 0.137 e. The molecule has 0 bridgehead atoms. The van der Waals surface area contributed by atoms with Gasteiger partial charge in [0.05, 0.1) is 11.3 Å². The highest BCUT2D eigenvalue weighted by molar-refractivity contribution is 5.94. The number of benzene rings is 5. The summed E-state index contributed by atoms with van der Waals surface area (Å²) in [5.74, 6) is 2.60. The standard InChI is InChI=1S/C45H45N3O/c1-6-40-42(38-24-15-16-27-41(38)49-40)39-29-48(28-32-18-9-7-10-19-32)45(46-39)44(37-23-14-13-22-36(37)33-20-11-8-12-21-33)47-43-34(30(2)3)25-17-26-35(43)31(4)5/h7-27,29-31,44,47H,6,28H2,1-5H3. The molecule has 1 N–H and O–H groups in total. The minimum absolute atomic E-state index is 0.255. The van der Waals surface area contributed by atoms with Crippen molar-refractivity contribution >= 4 is 16.7 Å². The Morgan fingerprint density at radius 2 is 1.29 bits per heavy atom. The number of rotatable bonds is 11. The fourth-order valence-corrected chi connectivity index (χ4v) is 7.09. The first kappa shape index (κ1) is 32.2. The van der Waals surface area contributed by atoms with E-state index in [0.29, 0.717) is 18.4 Å². The number of nitrogens with zero attached hydrogens (tertiary/aromatic N) is 2. The van der Waals surface area contributed by atoms with Gasteiger partial charge in [-0.3, -0.25) is 0 Å². The normalized spacial score (nSPS) is 12.2. The molecule has 0 saturated heterocycles. The van der Waals surface area contributed by atoms with Crippen molar-refractivity contribution in [2.45, 2.75) is 65.5 Å². The molecular weight excluding hydrogens is 599 g/mol. The molecule has 0 aliphatic carbocycles. The molecule has 49 heavy (non-hydrogen) atoms. The Labute approximate surface area is 290 Å². The minimum Gasteiger partial charge on any atom is -0.460 e. The predicted octanol–water partition coefficient (Wildman–Crippen LogP) is 12.0. The number of hydrogen-bond acceptors (Lipinski definition) is 3. The van der Waals surface area contributed by atoms with Crippen LogP contribution in [0.4, 0.5) is 5.69 Å². The van der Waals surface area contributed by atoms with Crippen molar-refractivity contribution in [1.29, 1.82) is 0 Å². The van der Waals surface area contributed by atoms with Crippen LogP contribution in [-0.2, 0) is 13.0 Å². The average Bonchev–Trinajstić information content (AvgIpc) is 3.72. The van der Waals surface area contributed by atoms with E-state index in [4.69, 9.17) is 9.40 Å². The van der Waals surface area contributed by atoms with Gasteiger partial charge in [-0.1, -0.05) is 156 Å². The van der Waals surface area contributed by atoms with Gasteiger partial charge in [0.15, 0.2) is 0 Å². The first-order chi connectivity index (χ1) is 23.9. The lowest BCUT2D eigenvalue weighted by Crippen LogP contribution is -2.21. The Bertz CT molecular complexity index is 2150. The molecule has 246 valence electrons. The number of anilines is 1. The van der Waals surface area contributed by atoms with Gasteiger partial charge in [0.25, 0.3) is 0 Å². The predicted molar refractivity (Wildman–Crippen MR) is 204 cm³/mol. The molecule has 2 aromatic heterocycles. The van der Waals surface area contributed by atoms with Crippen LogP contribution >= 0.6 is 0 Å². The van der Waals surface area contributed by atoms with Crippen LogP contribution in [0.5, 0.6) is 0 Å². The van der Waals surface area contributed by atoms with Crippen LogP contribution in [0, 0.1) is 0 Å². The first-order valence-electron chi connectivity index (χ1n) is 17.6. The Morgan fingerprint density at radius 1 is 0.673 bits per heavy atom. The smallest absolute Gasteiger partial charge is 0.137 e. The first-order valence-corrected chi connectivity index (χ1v) is 17.6. The third kappa shape index (κ3) is 6.44. The van der Waals surface area contributed by atoms with Crippen molar-refractivity contribution in [2.24, 2.45) is 0 Å². The quantitative estimate of drug-likeness (QED) is 0.152. The minimum atomic E-state index is -0.255. The number of para-hydroxylation sites is 2. The molecule has 0 fully saturated rings. The molecule has 7 aromatic rings. The number of hydrogen-bond donors (Lipinski definition) is 1. The molecule has 2 heterocycles. The number of aryl methyl sites for hydroxylation is 1. The highest BCUT2D eigenvalue weighted by Crippen LogP contribution is 2.41. The molecule has 7 rings (SSSR count). The van der Waals surface area contributed by atoms with Crippen LogP contribution in [0.3, 0.4) is 0 Å². The molecule has 0 amide bonds. The molecule has 0 aliphatic heterocycles. The SMILES string of the molecule is CCc1oc2ccccc2c1-c1cn(Cc2ccccc2)c(C(Nc2c(C(C)C)cccc2C(C)C)c2ccccc2-c2ccccc2)n1. The summed E-state index contributed by atoms with van der Waals surface area (Å²) < 4.78 is 8.75. The highest BCUT2D eigenvalue weighted by Gasteiger charge is 2.28. The molecule has 0 saturated carbocycles. The summed E-state index contributed by atoms with van der Waals surface area (Å²) in [6, 6.07) is 45.0. The van der Waals surface area contributed by atoms with Gasteiger partial charge in [0.2, 0.25) is 0 Å². The van der Waals surface area contributed by atoms with E-state index in [2.05, 4.69) is 172 Å². The molecule has 0 aliphatic rings. The number of aromatic nitrogens is 2. The van der Waals surface area contributed by atoms with E-state index >= 15 is 0 Å². The van der Waals surface area contributed by atoms with E-state index < -0.39 is 0 Å². The van der Waals surface area contributed by atoms with E-state index in [1.807, 2.05) is 6.07 Å². The monoisotopic (exact) mass is 643 g/mol. The maximum atomic E-state index is 6.41. The average molecular weight is 644 g/mol. The van der Waals surface area contributed by atoms with E-state index in [1.165, 1.54) is 39.1 Å². The van der Waals surface area contributed by atoms with Crippen LogP contribution in [0.25, 0.3) is 33.4 Å². The second-order valence-electron chi connectivity index (χ2n) is 13.5. The number of furan rings is 1. The fourth-order valence-electron chi connectivity index (χ4n) is 7.09. The van der Waals surface area contributed by atoms with Gasteiger partial charge < -0.3 is 14.3 Å². The molecule has 4 heteroatoms. The summed E-state index contributed by atoms with van der Waals surface area (Å²) in [5, 5.41) is 5.26. The second-order valence-corrected chi connectivity index (χ2v) is 13.5.